The van der Waals surface area contributed by atoms with Crippen LogP contribution in [0.3, 0.4) is 0 Å². The van der Waals surface area contributed by atoms with Gasteiger partial charge in [-0.2, -0.15) is 0 Å². The van der Waals surface area contributed by atoms with Crippen LogP contribution in [0.5, 0.6) is 0 Å². The standard InChI is InChI=1S/C12H12N2O2S/c1-14(2)9-3-5-13-12-11(9)8(4-6-15)10(7-16)17-12/h3,5-7H,4H2,1-2H3. The second-order valence-corrected chi connectivity index (χ2v) is 4.87. The Morgan fingerprint density at radius 1 is 1.41 bits per heavy atom. The van der Waals surface area contributed by atoms with Gasteiger partial charge in [-0.15, -0.1) is 11.3 Å². The molecule has 0 saturated carbocycles. The van der Waals surface area contributed by atoms with Crippen LogP contribution in [0.1, 0.15) is 15.2 Å². The van der Waals surface area contributed by atoms with Crippen LogP contribution in [0.25, 0.3) is 10.2 Å². The third-order valence-electron chi connectivity index (χ3n) is 2.58. The summed E-state index contributed by atoms with van der Waals surface area (Å²) < 4.78 is 0. The first-order valence-electron chi connectivity index (χ1n) is 5.15. The Bertz CT molecular complexity index is 575. The van der Waals surface area contributed by atoms with Gasteiger partial charge in [0.1, 0.15) is 11.1 Å². The fourth-order valence-corrected chi connectivity index (χ4v) is 2.85. The maximum absolute atomic E-state index is 11.0. The zero-order valence-corrected chi connectivity index (χ0v) is 10.5. The molecule has 2 heterocycles. The lowest BCUT2D eigenvalue weighted by atomic mass is 10.1. The normalized spacial score (nSPS) is 10.5. The highest BCUT2D eigenvalue weighted by atomic mass is 32.1. The van der Waals surface area contributed by atoms with E-state index in [1.165, 1.54) is 11.3 Å². The Morgan fingerprint density at radius 2 is 2.18 bits per heavy atom. The lowest BCUT2D eigenvalue weighted by Gasteiger charge is -2.14. The molecule has 0 amide bonds. The Kier molecular flexibility index (Phi) is 3.19. The van der Waals surface area contributed by atoms with Crippen molar-refractivity contribution in [3.8, 4) is 0 Å². The Hall–Kier alpha value is -1.75. The van der Waals surface area contributed by atoms with Gasteiger partial charge in [-0.1, -0.05) is 0 Å². The van der Waals surface area contributed by atoms with Crippen molar-refractivity contribution in [1.29, 1.82) is 0 Å². The second kappa shape index (κ2) is 4.63. The van der Waals surface area contributed by atoms with Crippen LogP contribution in [-0.4, -0.2) is 31.7 Å². The molecule has 5 heteroatoms. The fourth-order valence-electron chi connectivity index (χ4n) is 1.84. The predicted octanol–water partition coefficient (Wildman–Crippen LogP) is 1.92. The molecule has 2 aromatic heterocycles. The number of carbonyl (C=O) groups is 2. The van der Waals surface area contributed by atoms with Crippen LogP contribution < -0.4 is 4.90 Å². The van der Waals surface area contributed by atoms with E-state index >= 15 is 0 Å². The first-order valence-corrected chi connectivity index (χ1v) is 5.97. The average Bonchev–Trinajstić information content (AvgIpc) is 2.67. The predicted molar refractivity (Wildman–Crippen MR) is 69.1 cm³/mol. The van der Waals surface area contributed by atoms with E-state index in [0.29, 0.717) is 4.88 Å². The van der Waals surface area contributed by atoms with Crippen molar-refractivity contribution in [3.63, 3.8) is 0 Å². The van der Waals surface area contributed by atoms with Crippen molar-refractivity contribution in [1.82, 2.24) is 4.98 Å². The maximum Gasteiger partial charge on any atom is 0.160 e. The van der Waals surface area contributed by atoms with Crippen LogP contribution in [-0.2, 0) is 11.2 Å². The van der Waals surface area contributed by atoms with Crippen molar-refractivity contribution < 1.29 is 9.59 Å². The van der Waals surface area contributed by atoms with Gasteiger partial charge >= 0.3 is 0 Å². The molecule has 0 atom stereocenters. The van der Waals surface area contributed by atoms with Crippen molar-refractivity contribution in [2.75, 3.05) is 19.0 Å². The molecule has 17 heavy (non-hydrogen) atoms. The summed E-state index contributed by atoms with van der Waals surface area (Å²) in [6.45, 7) is 0. The lowest BCUT2D eigenvalue weighted by Crippen LogP contribution is -2.09. The van der Waals surface area contributed by atoms with Gasteiger partial charge in [-0.3, -0.25) is 4.79 Å². The number of hydrogen-bond donors (Lipinski definition) is 0. The van der Waals surface area contributed by atoms with E-state index < -0.39 is 0 Å². The number of anilines is 1. The summed E-state index contributed by atoms with van der Waals surface area (Å²) >= 11 is 1.33. The Labute approximate surface area is 103 Å². The molecule has 0 fully saturated rings. The molecule has 0 radical (unpaired) electrons. The number of rotatable bonds is 4. The molecule has 2 aromatic rings. The minimum absolute atomic E-state index is 0.251. The summed E-state index contributed by atoms with van der Waals surface area (Å²) in [7, 11) is 3.86. The molecule has 0 saturated heterocycles. The third-order valence-corrected chi connectivity index (χ3v) is 3.64. The van der Waals surface area contributed by atoms with E-state index in [-0.39, 0.29) is 6.42 Å². The van der Waals surface area contributed by atoms with Gasteiger partial charge < -0.3 is 9.69 Å². The van der Waals surface area contributed by atoms with Gasteiger partial charge in [0.05, 0.1) is 4.88 Å². The maximum atomic E-state index is 11.0. The Balaban J connectivity index is 2.81. The third kappa shape index (κ3) is 1.93. The minimum atomic E-state index is 0.251. The van der Waals surface area contributed by atoms with E-state index in [4.69, 9.17) is 0 Å². The van der Waals surface area contributed by atoms with Gasteiger partial charge in [0.2, 0.25) is 0 Å². The smallest absolute Gasteiger partial charge is 0.160 e. The highest BCUT2D eigenvalue weighted by molar-refractivity contribution is 7.20. The second-order valence-electron chi connectivity index (χ2n) is 3.84. The van der Waals surface area contributed by atoms with Crippen LogP contribution in [0.4, 0.5) is 5.69 Å². The molecule has 0 bridgehead atoms. The molecule has 0 N–H and O–H groups in total. The van der Waals surface area contributed by atoms with E-state index in [0.717, 1.165) is 34.0 Å². The monoisotopic (exact) mass is 248 g/mol. The van der Waals surface area contributed by atoms with Crippen molar-refractivity contribution in [2.24, 2.45) is 0 Å². The van der Waals surface area contributed by atoms with E-state index in [1.54, 1.807) is 6.20 Å². The van der Waals surface area contributed by atoms with Gasteiger partial charge in [-0.25, -0.2) is 4.98 Å². The lowest BCUT2D eigenvalue weighted by molar-refractivity contribution is -0.107. The molecule has 2 rings (SSSR count). The summed E-state index contributed by atoms with van der Waals surface area (Å²) in [4.78, 5) is 29.3. The number of hydrogen-bond acceptors (Lipinski definition) is 5. The van der Waals surface area contributed by atoms with Crippen LogP contribution in [0.2, 0.25) is 0 Å². The highest BCUT2D eigenvalue weighted by Gasteiger charge is 2.16. The molecule has 4 nitrogen and oxygen atoms in total. The number of carbonyl (C=O) groups excluding carboxylic acids is 2. The number of pyridine rings is 1. The first kappa shape index (κ1) is 11.7. The summed E-state index contributed by atoms with van der Waals surface area (Å²) in [5, 5.41) is 0.914. The topological polar surface area (TPSA) is 50.3 Å². The van der Waals surface area contributed by atoms with Crippen LogP contribution in [0, 0.1) is 0 Å². The van der Waals surface area contributed by atoms with E-state index in [9.17, 15) is 9.59 Å². The van der Waals surface area contributed by atoms with Gasteiger partial charge in [-0.05, 0) is 11.6 Å². The van der Waals surface area contributed by atoms with Gasteiger partial charge in [0.15, 0.2) is 6.29 Å². The van der Waals surface area contributed by atoms with Crippen LogP contribution >= 0.6 is 11.3 Å². The number of thiophene rings is 1. The molecule has 0 aromatic carbocycles. The summed E-state index contributed by atoms with van der Waals surface area (Å²) in [5.41, 5.74) is 1.77. The number of aldehydes is 2. The molecule has 0 aliphatic carbocycles. The molecular weight excluding hydrogens is 236 g/mol. The van der Waals surface area contributed by atoms with E-state index in [2.05, 4.69) is 4.98 Å². The summed E-state index contributed by atoms with van der Waals surface area (Å²) in [6, 6.07) is 1.89. The van der Waals surface area contributed by atoms with Crippen molar-refractivity contribution in [2.45, 2.75) is 6.42 Å². The molecular formula is C12H12N2O2S. The van der Waals surface area contributed by atoms with Gasteiger partial charge in [0.25, 0.3) is 0 Å². The molecule has 0 spiro atoms. The number of aromatic nitrogens is 1. The number of nitrogens with zero attached hydrogens (tertiary/aromatic N) is 2. The summed E-state index contributed by atoms with van der Waals surface area (Å²) in [6.07, 6.45) is 3.58. The molecule has 0 unspecified atom stereocenters. The SMILES string of the molecule is CN(C)c1ccnc2sc(C=O)c(CC=O)c12. The average molecular weight is 248 g/mol. The Morgan fingerprint density at radius 3 is 2.76 bits per heavy atom. The number of fused-ring (bicyclic) bond motifs is 1. The van der Waals surface area contributed by atoms with E-state index in [1.807, 2.05) is 25.1 Å². The fraction of sp³-hybridized carbons (Fsp3) is 0.250. The highest BCUT2D eigenvalue weighted by Crippen LogP contribution is 2.35. The molecule has 0 aliphatic heterocycles. The quantitative estimate of drug-likeness (QED) is 0.776. The zero-order valence-electron chi connectivity index (χ0n) is 9.64. The molecule has 88 valence electrons. The van der Waals surface area contributed by atoms with Crippen molar-refractivity contribution in [3.05, 3.63) is 22.7 Å². The first-order chi connectivity index (χ1) is 8.19. The molecule has 0 aliphatic rings. The summed E-state index contributed by atoms with van der Waals surface area (Å²) in [5.74, 6) is 0. The van der Waals surface area contributed by atoms with Crippen LogP contribution in [0.15, 0.2) is 12.3 Å². The zero-order chi connectivity index (χ0) is 12.4. The van der Waals surface area contributed by atoms with Crippen molar-refractivity contribution >= 4 is 39.8 Å². The van der Waals surface area contributed by atoms with Gasteiger partial charge in [0, 0.05) is 37.8 Å². The largest absolute Gasteiger partial charge is 0.377 e. The minimum Gasteiger partial charge on any atom is -0.377 e.